The largest absolute Gasteiger partial charge is 0.354 e. The first-order valence-corrected chi connectivity index (χ1v) is 8.96. The highest BCUT2D eigenvalue weighted by molar-refractivity contribution is 7.92. The van der Waals surface area contributed by atoms with E-state index in [9.17, 15) is 13.2 Å². The van der Waals surface area contributed by atoms with Crippen LogP contribution in [0.25, 0.3) is 0 Å². The molecule has 0 spiro atoms. The molecule has 0 radical (unpaired) electrons. The maximum absolute atomic E-state index is 12.0. The Labute approximate surface area is 126 Å². The quantitative estimate of drug-likeness (QED) is 0.868. The summed E-state index contributed by atoms with van der Waals surface area (Å²) in [5.41, 5.74) is 2.67. The second-order valence-electron chi connectivity index (χ2n) is 5.69. The number of hydrogen-bond acceptors (Lipinski definition) is 3. The number of hydrogen-bond donors (Lipinski definition) is 1. The minimum absolute atomic E-state index is 0.0316. The molecule has 1 aliphatic rings. The normalized spacial score (nSPS) is 14.8. The summed E-state index contributed by atoms with van der Waals surface area (Å²) < 4.78 is 25.4. The van der Waals surface area contributed by atoms with E-state index in [1.807, 2.05) is 32.0 Å². The fourth-order valence-electron chi connectivity index (χ4n) is 2.32. The highest BCUT2D eigenvalue weighted by atomic mass is 32.2. The van der Waals surface area contributed by atoms with Crippen LogP contribution in [-0.2, 0) is 14.8 Å². The second-order valence-corrected chi connectivity index (χ2v) is 7.60. The maximum Gasteiger partial charge on any atom is 0.232 e. The van der Waals surface area contributed by atoms with Gasteiger partial charge in [-0.3, -0.25) is 9.10 Å². The lowest BCUT2D eigenvalue weighted by Gasteiger charge is -2.24. The van der Waals surface area contributed by atoms with Gasteiger partial charge in [0.15, 0.2) is 0 Å². The predicted octanol–water partition coefficient (Wildman–Crippen LogP) is 1.60. The predicted molar refractivity (Wildman–Crippen MR) is 83.8 cm³/mol. The van der Waals surface area contributed by atoms with Crippen molar-refractivity contribution >= 4 is 21.6 Å². The lowest BCUT2D eigenvalue weighted by atomic mass is 10.1. The fraction of sp³-hybridized carbons (Fsp3) is 0.533. The number of rotatable bonds is 6. The number of nitrogens with one attached hydrogen (secondary N) is 1. The van der Waals surface area contributed by atoms with Gasteiger partial charge in [-0.15, -0.1) is 0 Å². The molecule has 1 aromatic carbocycles. The van der Waals surface area contributed by atoms with Crippen molar-refractivity contribution in [3.05, 3.63) is 29.3 Å². The summed E-state index contributed by atoms with van der Waals surface area (Å²) in [6.07, 6.45) is 3.08. The number of aryl methyl sites for hydroxylation is 2. The number of anilines is 1. The number of nitrogens with zero attached hydrogens (tertiary/aromatic N) is 1. The van der Waals surface area contributed by atoms with Crippen molar-refractivity contribution in [1.82, 2.24) is 5.32 Å². The van der Waals surface area contributed by atoms with Crippen molar-refractivity contribution in [3.8, 4) is 0 Å². The van der Waals surface area contributed by atoms with Gasteiger partial charge in [-0.2, -0.15) is 0 Å². The Morgan fingerprint density at radius 2 is 2.00 bits per heavy atom. The Kier molecular flexibility index (Phi) is 4.56. The van der Waals surface area contributed by atoms with E-state index in [0.717, 1.165) is 24.0 Å². The SMILES string of the molecule is Cc1ccc(N(CCNC(=O)C2CC2)S(C)(=O)=O)c(C)c1. The molecule has 1 fully saturated rings. The van der Waals surface area contributed by atoms with Gasteiger partial charge in [0.25, 0.3) is 0 Å². The molecule has 0 atom stereocenters. The molecule has 0 saturated heterocycles. The van der Waals surface area contributed by atoms with Crippen LogP contribution in [0.4, 0.5) is 5.69 Å². The van der Waals surface area contributed by atoms with Crippen LogP contribution >= 0.6 is 0 Å². The Bertz CT molecular complexity index is 636. The molecule has 1 amide bonds. The van der Waals surface area contributed by atoms with E-state index in [-0.39, 0.29) is 18.4 Å². The molecule has 0 aromatic heterocycles. The second kappa shape index (κ2) is 6.05. The molecule has 21 heavy (non-hydrogen) atoms. The zero-order chi connectivity index (χ0) is 15.6. The molecule has 0 aliphatic heterocycles. The number of benzene rings is 1. The van der Waals surface area contributed by atoms with Crippen LogP contribution in [0, 0.1) is 19.8 Å². The maximum atomic E-state index is 12.0. The third-order valence-corrected chi connectivity index (χ3v) is 4.76. The number of amides is 1. The standard InChI is InChI=1S/C15H22N2O3S/c1-11-4-7-14(12(2)10-11)17(21(3,19)20)9-8-16-15(18)13-5-6-13/h4,7,10,13H,5-6,8-9H2,1-3H3,(H,16,18). The van der Waals surface area contributed by atoms with Crippen molar-refractivity contribution < 1.29 is 13.2 Å². The molecule has 1 aromatic rings. The fourth-order valence-corrected chi connectivity index (χ4v) is 3.31. The third kappa shape index (κ3) is 4.20. The first-order valence-electron chi connectivity index (χ1n) is 7.11. The molecule has 0 unspecified atom stereocenters. The van der Waals surface area contributed by atoms with Gasteiger partial charge in [0.2, 0.25) is 15.9 Å². The van der Waals surface area contributed by atoms with Crippen molar-refractivity contribution in [2.45, 2.75) is 26.7 Å². The summed E-state index contributed by atoms with van der Waals surface area (Å²) in [7, 11) is -3.37. The summed E-state index contributed by atoms with van der Waals surface area (Å²) in [5.74, 6) is 0.168. The average molecular weight is 310 g/mol. The molecule has 6 heteroatoms. The van der Waals surface area contributed by atoms with Gasteiger partial charge in [-0.1, -0.05) is 17.7 Å². The van der Waals surface area contributed by atoms with Crippen LogP contribution in [0.5, 0.6) is 0 Å². The Hall–Kier alpha value is -1.56. The minimum atomic E-state index is -3.37. The third-order valence-electron chi connectivity index (χ3n) is 3.58. The first kappa shape index (κ1) is 15.8. The number of sulfonamides is 1. The molecule has 0 bridgehead atoms. The van der Waals surface area contributed by atoms with E-state index in [2.05, 4.69) is 5.32 Å². The van der Waals surface area contributed by atoms with Crippen molar-refractivity contribution in [2.75, 3.05) is 23.7 Å². The summed E-state index contributed by atoms with van der Waals surface area (Å²) in [6, 6.07) is 5.66. The first-order chi connectivity index (χ1) is 9.79. The van der Waals surface area contributed by atoms with Crippen LogP contribution < -0.4 is 9.62 Å². The van der Waals surface area contributed by atoms with Crippen LogP contribution in [0.2, 0.25) is 0 Å². The van der Waals surface area contributed by atoms with Gasteiger partial charge in [0, 0.05) is 12.5 Å². The summed E-state index contributed by atoms with van der Waals surface area (Å²) in [4.78, 5) is 11.6. The van der Waals surface area contributed by atoms with Gasteiger partial charge in [0.05, 0.1) is 18.5 Å². The van der Waals surface area contributed by atoms with Gasteiger partial charge in [0.1, 0.15) is 0 Å². The Morgan fingerprint density at radius 3 is 2.52 bits per heavy atom. The van der Waals surface area contributed by atoms with E-state index in [1.54, 1.807) is 0 Å². The Balaban J connectivity index is 2.09. The topological polar surface area (TPSA) is 66.5 Å². The molecule has 5 nitrogen and oxygen atoms in total. The molecule has 0 heterocycles. The molecular weight excluding hydrogens is 288 g/mol. The molecule has 2 rings (SSSR count). The lowest BCUT2D eigenvalue weighted by molar-refractivity contribution is -0.122. The number of carbonyl (C=O) groups excluding carboxylic acids is 1. The smallest absolute Gasteiger partial charge is 0.232 e. The molecule has 1 aliphatic carbocycles. The summed E-state index contributed by atoms with van der Waals surface area (Å²) in [6.45, 7) is 4.44. The van der Waals surface area contributed by atoms with Gasteiger partial charge >= 0.3 is 0 Å². The minimum Gasteiger partial charge on any atom is -0.354 e. The molecular formula is C15H22N2O3S. The van der Waals surface area contributed by atoms with E-state index >= 15 is 0 Å². The van der Waals surface area contributed by atoms with E-state index in [1.165, 1.54) is 10.6 Å². The number of carbonyl (C=O) groups is 1. The average Bonchev–Trinajstić information content (AvgIpc) is 3.18. The molecule has 116 valence electrons. The van der Waals surface area contributed by atoms with E-state index in [0.29, 0.717) is 12.2 Å². The van der Waals surface area contributed by atoms with Gasteiger partial charge < -0.3 is 5.32 Å². The molecule has 1 saturated carbocycles. The van der Waals surface area contributed by atoms with Crippen LogP contribution in [0.1, 0.15) is 24.0 Å². The zero-order valence-corrected chi connectivity index (χ0v) is 13.5. The van der Waals surface area contributed by atoms with E-state index < -0.39 is 10.0 Å². The lowest BCUT2D eigenvalue weighted by Crippen LogP contribution is -2.38. The molecule has 1 N–H and O–H groups in total. The highest BCUT2D eigenvalue weighted by Crippen LogP contribution is 2.28. The van der Waals surface area contributed by atoms with Crippen molar-refractivity contribution in [2.24, 2.45) is 5.92 Å². The highest BCUT2D eigenvalue weighted by Gasteiger charge is 2.29. The van der Waals surface area contributed by atoms with Crippen molar-refractivity contribution in [1.29, 1.82) is 0 Å². The Morgan fingerprint density at radius 1 is 1.33 bits per heavy atom. The van der Waals surface area contributed by atoms with Crippen LogP contribution in [0.15, 0.2) is 18.2 Å². The van der Waals surface area contributed by atoms with Gasteiger partial charge in [-0.25, -0.2) is 8.42 Å². The van der Waals surface area contributed by atoms with E-state index in [4.69, 9.17) is 0 Å². The zero-order valence-electron chi connectivity index (χ0n) is 12.7. The van der Waals surface area contributed by atoms with Gasteiger partial charge in [-0.05, 0) is 38.3 Å². The monoisotopic (exact) mass is 310 g/mol. The van der Waals surface area contributed by atoms with Crippen molar-refractivity contribution in [3.63, 3.8) is 0 Å². The van der Waals surface area contributed by atoms with Crippen LogP contribution in [-0.4, -0.2) is 33.7 Å². The summed E-state index contributed by atoms with van der Waals surface area (Å²) >= 11 is 0. The van der Waals surface area contributed by atoms with Crippen LogP contribution in [0.3, 0.4) is 0 Å². The summed E-state index contributed by atoms with van der Waals surface area (Å²) in [5, 5.41) is 2.80.